The molecule has 0 aliphatic rings. The van der Waals surface area contributed by atoms with Gasteiger partial charge >= 0.3 is 11.9 Å². The van der Waals surface area contributed by atoms with E-state index in [-0.39, 0.29) is 24.3 Å². The van der Waals surface area contributed by atoms with Gasteiger partial charge in [0.15, 0.2) is 5.11 Å². The highest BCUT2D eigenvalue weighted by atomic mass is 32.1. The highest BCUT2D eigenvalue weighted by Crippen LogP contribution is 2.17. The van der Waals surface area contributed by atoms with Crippen LogP contribution in [0.1, 0.15) is 45.7 Å². The summed E-state index contributed by atoms with van der Waals surface area (Å²) in [6.07, 6.45) is 0. The number of carbonyl (C=O) groups is 2. The summed E-state index contributed by atoms with van der Waals surface area (Å²) in [6, 6.07) is 12.7. The van der Waals surface area contributed by atoms with E-state index in [1.165, 1.54) is 11.6 Å². The van der Waals surface area contributed by atoms with Crippen molar-refractivity contribution in [1.29, 1.82) is 0 Å². The molecule has 0 aliphatic heterocycles. The van der Waals surface area contributed by atoms with Crippen LogP contribution in [0, 0.1) is 6.92 Å². The Morgan fingerprint density at radius 3 is 1.96 bits per heavy atom. The Morgan fingerprint density at radius 2 is 1.46 bits per heavy atom. The minimum absolute atomic E-state index is 0.238. The number of nitrogens with one attached hydrogen (secondary N) is 2. The SMILES string of the molecule is CCOC(=O)c1cc(NC(=S)NCc2ccc(C)cc2)cc(C(=O)OCC)c1. The van der Waals surface area contributed by atoms with Crippen LogP contribution in [0.15, 0.2) is 42.5 Å². The second kappa shape index (κ2) is 10.4. The van der Waals surface area contributed by atoms with Gasteiger partial charge in [-0.1, -0.05) is 29.8 Å². The van der Waals surface area contributed by atoms with Crippen molar-refractivity contribution >= 4 is 35.0 Å². The van der Waals surface area contributed by atoms with Crippen molar-refractivity contribution in [2.24, 2.45) is 0 Å². The lowest BCUT2D eigenvalue weighted by Crippen LogP contribution is -2.28. The molecule has 28 heavy (non-hydrogen) atoms. The van der Waals surface area contributed by atoms with E-state index in [1.54, 1.807) is 26.0 Å². The molecule has 0 aliphatic carbocycles. The normalized spacial score (nSPS) is 10.1. The third-order valence-electron chi connectivity index (χ3n) is 3.79. The summed E-state index contributed by atoms with van der Waals surface area (Å²) in [4.78, 5) is 24.2. The van der Waals surface area contributed by atoms with E-state index < -0.39 is 11.9 Å². The van der Waals surface area contributed by atoms with Crippen LogP contribution in [0.2, 0.25) is 0 Å². The Hall–Kier alpha value is -2.93. The summed E-state index contributed by atoms with van der Waals surface area (Å²) in [5.41, 5.74) is 3.26. The molecule has 0 radical (unpaired) electrons. The van der Waals surface area contributed by atoms with Crippen molar-refractivity contribution < 1.29 is 19.1 Å². The molecule has 0 amide bonds. The number of hydrogen-bond acceptors (Lipinski definition) is 5. The van der Waals surface area contributed by atoms with Crippen LogP contribution >= 0.6 is 12.2 Å². The summed E-state index contributed by atoms with van der Waals surface area (Å²) < 4.78 is 10.1. The summed E-state index contributed by atoms with van der Waals surface area (Å²) >= 11 is 5.33. The van der Waals surface area contributed by atoms with Gasteiger partial charge in [-0.25, -0.2) is 9.59 Å². The predicted molar refractivity (Wildman–Crippen MR) is 113 cm³/mol. The molecule has 148 valence electrons. The number of hydrogen-bond donors (Lipinski definition) is 2. The van der Waals surface area contributed by atoms with Gasteiger partial charge in [-0.05, 0) is 56.8 Å². The Kier molecular flexibility index (Phi) is 7.95. The van der Waals surface area contributed by atoms with Gasteiger partial charge < -0.3 is 20.1 Å². The molecule has 6 nitrogen and oxygen atoms in total. The lowest BCUT2D eigenvalue weighted by Gasteiger charge is -2.13. The topological polar surface area (TPSA) is 76.7 Å². The molecular formula is C21H24N2O4S. The molecule has 0 saturated heterocycles. The van der Waals surface area contributed by atoms with Crippen molar-refractivity contribution in [3.8, 4) is 0 Å². The van der Waals surface area contributed by atoms with Crippen molar-refractivity contribution in [3.63, 3.8) is 0 Å². The van der Waals surface area contributed by atoms with Gasteiger partial charge in [0.2, 0.25) is 0 Å². The summed E-state index contributed by atoms with van der Waals surface area (Å²) in [7, 11) is 0. The molecule has 0 saturated carbocycles. The first-order valence-corrected chi connectivity index (χ1v) is 9.43. The van der Waals surface area contributed by atoms with Gasteiger partial charge in [0.25, 0.3) is 0 Å². The average Bonchev–Trinajstić information content (AvgIpc) is 2.67. The van der Waals surface area contributed by atoms with Gasteiger partial charge in [-0.2, -0.15) is 0 Å². The first-order chi connectivity index (χ1) is 13.4. The second-order valence-corrected chi connectivity index (χ2v) is 6.44. The van der Waals surface area contributed by atoms with Gasteiger partial charge in [0.1, 0.15) is 0 Å². The minimum atomic E-state index is -0.518. The third kappa shape index (κ3) is 6.35. The number of carbonyl (C=O) groups excluding carboxylic acids is 2. The summed E-state index contributed by atoms with van der Waals surface area (Å²) in [6.45, 7) is 6.49. The zero-order chi connectivity index (χ0) is 20.5. The Balaban J connectivity index is 2.13. The molecule has 0 aromatic heterocycles. The monoisotopic (exact) mass is 400 g/mol. The van der Waals surface area contributed by atoms with E-state index in [0.717, 1.165) is 5.56 Å². The molecule has 0 unspecified atom stereocenters. The second-order valence-electron chi connectivity index (χ2n) is 6.03. The van der Waals surface area contributed by atoms with Gasteiger partial charge in [-0.3, -0.25) is 0 Å². The first-order valence-electron chi connectivity index (χ1n) is 9.02. The number of benzene rings is 2. The smallest absolute Gasteiger partial charge is 0.338 e. The van der Waals surface area contributed by atoms with E-state index in [0.29, 0.717) is 17.3 Å². The van der Waals surface area contributed by atoms with Gasteiger partial charge in [-0.15, -0.1) is 0 Å². The van der Waals surface area contributed by atoms with Crippen molar-refractivity contribution in [2.75, 3.05) is 18.5 Å². The molecule has 2 N–H and O–H groups in total. The zero-order valence-electron chi connectivity index (χ0n) is 16.2. The van der Waals surface area contributed by atoms with Gasteiger partial charge in [0.05, 0.1) is 24.3 Å². The third-order valence-corrected chi connectivity index (χ3v) is 4.03. The molecule has 2 rings (SSSR count). The van der Waals surface area contributed by atoms with Crippen LogP contribution in [-0.4, -0.2) is 30.3 Å². The molecular weight excluding hydrogens is 376 g/mol. The fraction of sp³-hybridized carbons (Fsp3) is 0.286. The van der Waals surface area contributed by atoms with Crippen LogP contribution < -0.4 is 10.6 Å². The number of aryl methyl sites for hydroxylation is 1. The molecule has 0 spiro atoms. The minimum Gasteiger partial charge on any atom is -0.462 e. The van der Waals surface area contributed by atoms with E-state index in [2.05, 4.69) is 10.6 Å². The van der Waals surface area contributed by atoms with Crippen LogP contribution in [-0.2, 0) is 16.0 Å². The zero-order valence-corrected chi connectivity index (χ0v) is 17.0. The highest BCUT2D eigenvalue weighted by Gasteiger charge is 2.15. The van der Waals surface area contributed by atoms with Crippen LogP contribution in [0.25, 0.3) is 0 Å². The lowest BCUT2D eigenvalue weighted by atomic mass is 10.1. The first kappa shape index (κ1) is 21.4. The maximum absolute atomic E-state index is 12.1. The van der Waals surface area contributed by atoms with E-state index >= 15 is 0 Å². The molecule has 0 atom stereocenters. The number of ether oxygens (including phenoxy) is 2. The quantitative estimate of drug-likeness (QED) is 0.540. The highest BCUT2D eigenvalue weighted by molar-refractivity contribution is 7.80. The fourth-order valence-corrected chi connectivity index (χ4v) is 2.62. The van der Waals surface area contributed by atoms with E-state index in [4.69, 9.17) is 21.7 Å². The van der Waals surface area contributed by atoms with Crippen LogP contribution in [0.5, 0.6) is 0 Å². The largest absolute Gasteiger partial charge is 0.462 e. The molecule has 0 heterocycles. The molecule has 7 heteroatoms. The standard InChI is InChI=1S/C21H24N2O4S/c1-4-26-19(24)16-10-17(20(25)27-5-2)12-18(11-16)23-21(28)22-13-15-8-6-14(3)7-9-15/h6-12H,4-5,13H2,1-3H3,(H2,22,23,28). The maximum atomic E-state index is 12.1. The summed E-state index contributed by atoms with van der Waals surface area (Å²) in [5, 5.41) is 6.48. The lowest BCUT2D eigenvalue weighted by molar-refractivity contribution is 0.0525. The average molecular weight is 401 g/mol. The van der Waals surface area contributed by atoms with E-state index in [9.17, 15) is 9.59 Å². The number of rotatable bonds is 7. The van der Waals surface area contributed by atoms with Crippen molar-refractivity contribution in [2.45, 2.75) is 27.3 Å². The Bertz CT molecular complexity index is 814. The van der Waals surface area contributed by atoms with Crippen LogP contribution in [0.4, 0.5) is 5.69 Å². The van der Waals surface area contributed by atoms with Crippen molar-refractivity contribution in [1.82, 2.24) is 5.32 Å². The van der Waals surface area contributed by atoms with Crippen LogP contribution in [0.3, 0.4) is 0 Å². The number of esters is 2. The maximum Gasteiger partial charge on any atom is 0.338 e. The molecule has 0 fully saturated rings. The predicted octanol–water partition coefficient (Wildman–Crippen LogP) is 3.84. The fourth-order valence-electron chi connectivity index (χ4n) is 2.43. The molecule has 0 bridgehead atoms. The molecule has 2 aromatic carbocycles. The number of thiocarbonyl (C=S) groups is 1. The van der Waals surface area contributed by atoms with Crippen molar-refractivity contribution in [3.05, 3.63) is 64.7 Å². The van der Waals surface area contributed by atoms with Gasteiger partial charge in [0, 0.05) is 12.2 Å². The van der Waals surface area contributed by atoms with E-state index in [1.807, 2.05) is 31.2 Å². The molecule has 2 aromatic rings. The Morgan fingerprint density at radius 1 is 0.929 bits per heavy atom. The Labute approximate surface area is 170 Å². The number of anilines is 1. The summed E-state index contributed by atoms with van der Waals surface area (Å²) in [5.74, 6) is -1.04.